The van der Waals surface area contributed by atoms with Crippen molar-refractivity contribution in [3.8, 4) is 0 Å². The highest BCUT2D eigenvalue weighted by Gasteiger charge is 2.08. The molecule has 1 rings (SSSR count). The molecule has 21 heavy (non-hydrogen) atoms. The molecule has 6 heteroatoms. The first kappa shape index (κ1) is 22.5. The predicted molar refractivity (Wildman–Crippen MR) is 94.5 cm³/mol. The maximum atomic E-state index is 10.1. The summed E-state index contributed by atoms with van der Waals surface area (Å²) in [4.78, 5) is 10.1. The van der Waals surface area contributed by atoms with E-state index in [2.05, 4.69) is 36.5 Å². The molecule has 0 aromatic heterocycles. The van der Waals surface area contributed by atoms with E-state index in [4.69, 9.17) is 10.8 Å². The van der Waals surface area contributed by atoms with Gasteiger partial charge in [0, 0.05) is 6.04 Å². The lowest BCUT2D eigenvalue weighted by atomic mass is 10.1. The Kier molecular flexibility index (Phi) is 15.2. The van der Waals surface area contributed by atoms with Crippen LogP contribution in [0.25, 0.3) is 0 Å². The van der Waals surface area contributed by atoms with E-state index in [1.807, 2.05) is 19.4 Å². The van der Waals surface area contributed by atoms with Crippen LogP contribution in [0.2, 0.25) is 0 Å². The predicted octanol–water partition coefficient (Wildman–Crippen LogP) is 2.41. The molecule has 1 aromatic carbocycles. The number of rotatable bonds is 7. The summed E-state index contributed by atoms with van der Waals surface area (Å²) in [6.07, 6.45) is 3.59. The molecule has 0 saturated heterocycles. The fourth-order valence-electron chi connectivity index (χ4n) is 1.44. The number of halogens is 1. The Morgan fingerprint density at radius 1 is 1.38 bits per heavy atom. The normalized spacial score (nSPS) is 12.4. The molecule has 0 bridgehead atoms. The van der Waals surface area contributed by atoms with Gasteiger partial charge in [0.2, 0.25) is 0 Å². The summed E-state index contributed by atoms with van der Waals surface area (Å²) in [5.41, 5.74) is 6.59. The molecule has 122 valence electrons. The number of benzene rings is 1. The van der Waals surface area contributed by atoms with Crippen molar-refractivity contribution in [2.45, 2.75) is 31.8 Å². The number of carbonyl (C=O) groups is 1. The average molecular weight is 335 g/mol. The van der Waals surface area contributed by atoms with Gasteiger partial charge in [0.15, 0.2) is 0 Å². The van der Waals surface area contributed by atoms with Crippen LogP contribution >= 0.6 is 24.2 Å². The highest BCUT2D eigenvalue weighted by Crippen LogP contribution is 2.01. The Balaban J connectivity index is 0. The van der Waals surface area contributed by atoms with Crippen LogP contribution in [0.15, 0.2) is 30.3 Å². The van der Waals surface area contributed by atoms with Crippen LogP contribution in [0.1, 0.15) is 18.9 Å². The minimum absolute atomic E-state index is 0. The van der Waals surface area contributed by atoms with Gasteiger partial charge in [0.05, 0.1) is 0 Å². The third-order valence-electron chi connectivity index (χ3n) is 2.83. The van der Waals surface area contributed by atoms with Gasteiger partial charge >= 0.3 is 5.97 Å². The van der Waals surface area contributed by atoms with Gasteiger partial charge < -0.3 is 16.2 Å². The van der Waals surface area contributed by atoms with Gasteiger partial charge in [0.1, 0.15) is 6.04 Å². The molecule has 0 radical (unpaired) electrons. The summed E-state index contributed by atoms with van der Waals surface area (Å²) in [5.74, 6) is -0.1000. The monoisotopic (exact) mass is 334 g/mol. The zero-order valence-electron chi connectivity index (χ0n) is 12.9. The first-order valence-corrected chi connectivity index (χ1v) is 8.09. The number of nitrogens with two attached hydrogens (primary N) is 1. The fourth-order valence-corrected chi connectivity index (χ4v) is 1.93. The fraction of sp³-hybridized carbons (Fsp3) is 0.533. The van der Waals surface area contributed by atoms with Gasteiger partial charge in [-0.3, -0.25) is 4.79 Å². The van der Waals surface area contributed by atoms with E-state index in [9.17, 15) is 4.79 Å². The van der Waals surface area contributed by atoms with Gasteiger partial charge in [-0.05, 0) is 44.4 Å². The average Bonchev–Trinajstić information content (AvgIpc) is 2.46. The zero-order valence-corrected chi connectivity index (χ0v) is 14.5. The first-order chi connectivity index (χ1) is 9.51. The van der Waals surface area contributed by atoms with Crippen LogP contribution in [-0.4, -0.2) is 42.2 Å². The third kappa shape index (κ3) is 12.7. The molecule has 1 aromatic rings. The van der Waals surface area contributed by atoms with Crippen molar-refractivity contribution < 1.29 is 9.90 Å². The minimum Gasteiger partial charge on any atom is -0.480 e. The highest BCUT2D eigenvalue weighted by atomic mass is 35.5. The minimum atomic E-state index is -0.913. The van der Waals surface area contributed by atoms with Crippen molar-refractivity contribution in [1.29, 1.82) is 0 Å². The van der Waals surface area contributed by atoms with Crippen LogP contribution in [0.5, 0.6) is 0 Å². The largest absolute Gasteiger partial charge is 0.480 e. The van der Waals surface area contributed by atoms with E-state index in [1.165, 1.54) is 5.56 Å². The molecule has 0 aliphatic rings. The summed E-state index contributed by atoms with van der Waals surface area (Å²) >= 11 is 1.60. The number of nitrogens with one attached hydrogen (secondary N) is 1. The number of carboxylic acids is 1. The number of aliphatic carboxylic acids is 1. The van der Waals surface area contributed by atoms with Crippen molar-refractivity contribution in [3.05, 3.63) is 35.9 Å². The Morgan fingerprint density at radius 2 is 1.95 bits per heavy atom. The summed E-state index contributed by atoms with van der Waals surface area (Å²) in [6.45, 7) is 2.19. The van der Waals surface area contributed by atoms with Crippen molar-refractivity contribution in [2.24, 2.45) is 5.73 Å². The van der Waals surface area contributed by atoms with Crippen molar-refractivity contribution in [1.82, 2.24) is 5.32 Å². The second kappa shape index (κ2) is 14.2. The summed E-state index contributed by atoms with van der Waals surface area (Å²) < 4.78 is 0. The van der Waals surface area contributed by atoms with Crippen molar-refractivity contribution in [3.63, 3.8) is 0 Å². The zero-order chi connectivity index (χ0) is 15.4. The molecule has 2 atom stereocenters. The Morgan fingerprint density at radius 3 is 2.38 bits per heavy atom. The standard InChI is InChI=1S/C10H15N.C5H11NO2S.ClH/c1-9(11-2)8-10-6-4-3-5-7-10;1-9-3-2-4(6)5(7)8;/h3-7,9,11H,8H2,1-2H3;4H,2-3,6H2,1H3,(H,7,8);1H/t9-;;/m0../s1. The number of likely N-dealkylation sites (N-methyl/N-ethyl adjacent to an activating group) is 1. The van der Waals surface area contributed by atoms with Crippen LogP contribution < -0.4 is 11.1 Å². The van der Waals surface area contributed by atoms with E-state index >= 15 is 0 Å². The topological polar surface area (TPSA) is 75.3 Å². The van der Waals surface area contributed by atoms with E-state index in [0.717, 1.165) is 12.2 Å². The lowest BCUT2D eigenvalue weighted by Crippen LogP contribution is -2.30. The quantitative estimate of drug-likeness (QED) is 0.714. The molecular formula is C15H27ClN2O2S. The molecule has 0 aliphatic heterocycles. The summed E-state index contributed by atoms with van der Waals surface area (Å²) in [7, 11) is 1.99. The van der Waals surface area contributed by atoms with Gasteiger partial charge in [-0.2, -0.15) is 11.8 Å². The van der Waals surface area contributed by atoms with Crippen LogP contribution in [0.3, 0.4) is 0 Å². The second-order valence-electron chi connectivity index (χ2n) is 4.61. The van der Waals surface area contributed by atoms with Gasteiger partial charge in [-0.25, -0.2) is 0 Å². The Labute approximate surface area is 138 Å². The summed E-state index contributed by atoms with van der Waals surface area (Å²) in [6, 6.07) is 10.4. The molecule has 4 N–H and O–H groups in total. The Hall–Kier alpha value is -0.750. The lowest BCUT2D eigenvalue weighted by molar-refractivity contribution is -0.138. The van der Waals surface area contributed by atoms with Gasteiger partial charge in [-0.1, -0.05) is 30.3 Å². The maximum absolute atomic E-state index is 10.1. The Bertz CT molecular complexity index is 366. The maximum Gasteiger partial charge on any atom is 0.320 e. The molecule has 0 spiro atoms. The van der Waals surface area contributed by atoms with E-state index in [1.54, 1.807) is 11.8 Å². The van der Waals surface area contributed by atoms with E-state index in [-0.39, 0.29) is 12.4 Å². The lowest BCUT2D eigenvalue weighted by Gasteiger charge is -2.08. The highest BCUT2D eigenvalue weighted by molar-refractivity contribution is 7.98. The molecule has 0 heterocycles. The molecule has 0 aliphatic carbocycles. The number of hydrogen-bond donors (Lipinski definition) is 3. The number of thioether (sulfide) groups is 1. The molecule has 0 amide bonds. The first-order valence-electron chi connectivity index (χ1n) is 6.69. The number of hydrogen-bond acceptors (Lipinski definition) is 4. The van der Waals surface area contributed by atoms with Gasteiger partial charge in [-0.15, -0.1) is 12.4 Å². The third-order valence-corrected chi connectivity index (χ3v) is 3.47. The molecule has 1 unspecified atom stereocenters. The van der Waals surface area contributed by atoms with E-state index in [0.29, 0.717) is 12.5 Å². The number of carboxylic acid groups (broad SMARTS) is 1. The SMILES string of the molecule is CN[C@@H](C)Cc1ccccc1.CSCCC(N)C(=O)O.Cl. The van der Waals surface area contributed by atoms with E-state index < -0.39 is 12.0 Å². The summed E-state index contributed by atoms with van der Waals surface area (Å²) in [5, 5.41) is 11.5. The molecule has 0 saturated carbocycles. The molecule has 0 fully saturated rings. The van der Waals surface area contributed by atoms with Crippen LogP contribution in [0, 0.1) is 0 Å². The second-order valence-corrected chi connectivity index (χ2v) is 5.59. The van der Waals surface area contributed by atoms with Crippen molar-refractivity contribution in [2.75, 3.05) is 19.1 Å². The molecule has 4 nitrogen and oxygen atoms in total. The van der Waals surface area contributed by atoms with Gasteiger partial charge in [0.25, 0.3) is 0 Å². The van der Waals surface area contributed by atoms with Crippen LogP contribution in [-0.2, 0) is 11.2 Å². The smallest absolute Gasteiger partial charge is 0.320 e. The molecular weight excluding hydrogens is 308 g/mol. The van der Waals surface area contributed by atoms with Crippen LogP contribution in [0.4, 0.5) is 0 Å². The van der Waals surface area contributed by atoms with Crippen molar-refractivity contribution >= 4 is 30.1 Å².